The highest BCUT2D eigenvalue weighted by Gasteiger charge is 2.56. The van der Waals surface area contributed by atoms with E-state index < -0.39 is 5.41 Å². The van der Waals surface area contributed by atoms with E-state index in [4.69, 9.17) is 4.74 Å². The monoisotopic (exact) mass is 291 g/mol. The fourth-order valence-electron chi connectivity index (χ4n) is 2.12. The molecule has 6 heteroatoms. The van der Waals surface area contributed by atoms with E-state index in [9.17, 15) is 9.59 Å². The molecule has 21 heavy (non-hydrogen) atoms. The van der Waals surface area contributed by atoms with Crippen molar-refractivity contribution in [2.45, 2.75) is 25.8 Å². The van der Waals surface area contributed by atoms with Crippen LogP contribution in [0.3, 0.4) is 0 Å². The van der Waals surface area contributed by atoms with E-state index in [0.29, 0.717) is 32.5 Å². The van der Waals surface area contributed by atoms with Gasteiger partial charge in [-0.2, -0.15) is 0 Å². The van der Waals surface area contributed by atoms with Gasteiger partial charge in [0, 0.05) is 39.2 Å². The van der Waals surface area contributed by atoms with Gasteiger partial charge in [0.15, 0.2) is 0 Å². The number of aromatic nitrogens is 1. The Bertz CT molecular complexity index is 486. The van der Waals surface area contributed by atoms with Gasteiger partial charge in [0.05, 0.1) is 0 Å². The Labute approximate surface area is 124 Å². The standard InChI is InChI=1S/C15H21N3O3/c1-21-10-2-7-17-13(19)15(5-6-15)14(20)18-11-12-3-8-16-9-4-12/h3-4,8-9H,2,5-7,10-11H2,1H3,(H,17,19)(H,18,20). The van der Waals surface area contributed by atoms with Crippen molar-refractivity contribution >= 4 is 11.8 Å². The second-order valence-corrected chi connectivity index (χ2v) is 5.22. The molecule has 0 bridgehead atoms. The molecule has 1 aliphatic carbocycles. The summed E-state index contributed by atoms with van der Waals surface area (Å²) in [6.45, 7) is 1.55. The SMILES string of the molecule is COCCCNC(=O)C1(C(=O)NCc2ccncc2)CC1. The number of carbonyl (C=O) groups excluding carboxylic acids is 2. The highest BCUT2D eigenvalue weighted by atomic mass is 16.5. The van der Waals surface area contributed by atoms with Crippen LogP contribution < -0.4 is 10.6 Å². The summed E-state index contributed by atoms with van der Waals surface area (Å²) >= 11 is 0. The fraction of sp³-hybridized carbons (Fsp3) is 0.533. The summed E-state index contributed by atoms with van der Waals surface area (Å²) in [7, 11) is 1.62. The number of nitrogens with one attached hydrogen (secondary N) is 2. The molecule has 2 rings (SSSR count). The number of ether oxygens (including phenoxy) is 1. The normalized spacial score (nSPS) is 15.3. The first-order valence-corrected chi connectivity index (χ1v) is 7.13. The van der Waals surface area contributed by atoms with E-state index in [-0.39, 0.29) is 11.8 Å². The molecule has 0 saturated heterocycles. The molecule has 2 N–H and O–H groups in total. The van der Waals surface area contributed by atoms with Crippen molar-refractivity contribution in [1.29, 1.82) is 0 Å². The van der Waals surface area contributed by atoms with E-state index in [1.807, 2.05) is 12.1 Å². The number of hydrogen-bond acceptors (Lipinski definition) is 4. The summed E-state index contributed by atoms with van der Waals surface area (Å²) in [5, 5.41) is 5.64. The summed E-state index contributed by atoms with van der Waals surface area (Å²) in [6, 6.07) is 3.68. The molecular weight excluding hydrogens is 270 g/mol. The molecule has 1 aromatic heterocycles. The number of carbonyl (C=O) groups is 2. The number of rotatable bonds is 8. The molecule has 0 aliphatic heterocycles. The Morgan fingerprint density at radius 3 is 2.52 bits per heavy atom. The molecule has 0 spiro atoms. The number of nitrogens with zero attached hydrogens (tertiary/aromatic N) is 1. The zero-order valence-electron chi connectivity index (χ0n) is 12.2. The van der Waals surface area contributed by atoms with Crippen LogP contribution in [0, 0.1) is 5.41 Å². The third-order valence-corrected chi connectivity index (χ3v) is 3.63. The smallest absolute Gasteiger partial charge is 0.235 e. The predicted molar refractivity (Wildman–Crippen MR) is 77.3 cm³/mol. The van der Waals surface area contributed by atoms with Crippen LogP contribution in [0.4, 0.5) is 0 Å². The molecule has 1 saturated carbocycles. The number of amides is 2. The zero-order valence-corrected chi connectivity index (χ0v) is 12.2. The number of hydrogen-bond donors (Lipinski definition) is 2. The Balaban J connectivity index is 1.79. The van der Waals surface area contributed by atoms with Gasteiger partial charge >= 0.3 is 0 Å². The molecule has 1 aromatic rings. The Morgan fingerprint density at radius 2 is 1.90 bits per heavy atom. The average Bonchev–Trinajstić information content (AvgIpc) is 3.32. The van der Waals surface area contributed by atoms with Crippen molar-refractivity contribution < 1.29 is 14.3 Å². The Morgan fingerprint density at radius 1 is 1.24 bits per heavy atom. The van der Waals surface area contributed by atoms with Gasteiger partial charge in [-0.25, -0.2) is 0 Å². The predicted octanol–water partition coefficient (Wildman–Crippen LogP) is 0.631. The van der Waals surface area contributed by atoms with Gasteiger partial charge in [-0.1, -0.05) is 0 Å². The van der Waals surface area contributed by atoms with Crippen molar-refractivity contribution in [1.82, 2.24) is 15.6 Å². The summed E-state index contributed by atoms with van der Waals surface area (Å²) < 4.78 is 4.92. The van der Waals surface area contributed by atoms with Crippen LogP contribution in [-0.4, -0.2) is 37.1 Å². The minimum Gasteiger partial charge on any atom is -0.385 e. The molecule has 6 nitrogen and oxygen atoms in total. The van der Waals surface area contributed by atoms with Crippen molar-refractivity contribution in [3.05, 3.63) is 30.1 Å². The maximum absolute atomic E-state index is 12.2. The molecule has 1 aliphatic rings. The van der Waals surface area contributed by atoms with Gasteiger partial charge in [-0.3, -0.25) is 14.6 Å². The van der Waals surface area contributed by atoms with Crippen LogP contribution in [-0.2, 0) is 20.9 Å². The minimum absolute atomic E-state index is 0.175. The molecule has 114 valence electrons. The van der Waals surface area contributed by atoms with Gasteiger partial charge in [-0.05, 0) is 37.0 Å². The number of pyridine rings is 1. The van der Waals surface area contributed by atoms with Crippen molar-refractivity contribution in [2.75, 3.05) is 20.3 Å². The third-order valence-electron chi connectivity index (χ3n) is 3.63. The Hall–Kier alpha value is -1.95. The lowest BCUT2D eigenvalue weighted by Crippen LogP contribution is -2.43. The van der Waals surface area contributed by atoms with E-state index in [1.165, 1.54) is 0 Å². The van der Waals surface area contributed by atoms with Crippen LogP contribution in [0.15, 0.2) is 24.5 Å². The van der Waals surface area contributed by atoms with Crippen LogP contribution in [0.5, 0.6) is 0 Å². The fourth-order valence-corrected chi connectivity index (χ4v) is 2.12. The van der Waals surface area contributed by atoms with Crippen molar-refractivity contribution in [3.8, 4) is 0 Å². The first kappa shape index (κ1) is 15.4. The summed E-state index contributed by atoms with van der Waals surface area (Å²) in [5.41, 5.74) is 0.106. The molecule has 0 radical (unpaired) electrons. The molecule has 0 atom stereocenters. The Kier molecular flexibility index (Phi) is 5.27. The average molecular weight is 291 g/mol. The van der Waals surface area contributed by atoms with E-state index >= 15 is 0 Å². The largest absolute Gasteiger partial charge is 0.385 e. The molecule has 2 amide bonds. The highest BCUT2D eigenvalue weighted by Crippen LogP contribution is 2.46. The van der Waals surface area contributed by atoms with Gasteiger partial charge in [0.2, 0.25) is 11.8 Å². The third kappa shape index (κ3) is 4.01. The molecular formula is C15H21N3O3. The molecule has 0 unspecified atom stereocenters. The topological polar surface area (TPSA) is 80.3 Å². The lowest BCUT2D eigenvalue weighted by molar-refractivity contribution is -0.137. The quantitative estimate of drug-likeness (QED) is 0.544. The minimum atomic E-state index is -0.861. The summed E-state index contributed by atoms with van der Waals surface area (Å²) in [4.78, 5) is 28.3. The maximum Gasteiger partial charge on any atom is 0.235 e. The van der Waals surface area contributed by atoms with Gasteiger partial charge < -0.3 is 15.4 Å². The van der Waals surface area contributed by atoms with Gasteiger partial charge in [-0.15, -0.1) is 0 Å². The summed E-state index contributed by atoms with van der Waals surface area (Å²) in [6.07, 6.45) is 5.33. The van der Waals surface area contributed by atoms with E-state index in [0.717, 1.165) is 12.0 Å². The lowest BCUT2D eigenvalue weighted by atomic mass is 10.0. The molecule has 1 heterocycles. The van der Waals surface area contributed by atoms with E-state index in [1.54, 1.807) is 19.5 Å². The first-order chi connectivity index (χ1) is 10.2. The van der Waals surface area contributed by atoms with Crippen molar-refractivity contribution in [2.24, 2.45) is 5.41 Å². The van der Waals surface area contributed by atoms with Crippen molar-refractivity contribution in [3.63, 3.8) is 0 Å². The second kappa shape index (κ2) is 7.17. The molecule has 1 fully saturated rings. The van der Waals surface area contributed by atoms with Crippen LogP contribution >= 0.6 is 0 Å². The van der Waals surface area contributed by atoms with Crippen LogP contribution in [0.25, 0.3) is 0 Å². The second-order valence-electron chi connectivity index (χ2n) is 5.22. The van der Waals surface area contributed by atoms with E-state index in [2.05, 4.69) is 15.6 Å². The molecule has 0 aromatic carbocycles. The van der Waals surface area contributed by atoms with Gasteiger partial charge in [0.1, 0.15) is 5.41 Å². The number of methoxy groups -OCH3 is 1. The maximum atomic E-state index is 12.2. The van der Waals surface area contributed by atoms with Crippen LogP contribution in [0.1, 0.15) is 24.8 Å². The summed E-state index contributed by atoms with van der Waals surface area (Å²) in [5.74, 6) is -0.366. The zero-order chi connectivity index (χ0) is 15.1. The first-order valence-electron chi connectivity index (χ1n) is 7.13. The van der Waals surface area contributed by atoms with Crippen LogP contribution in [0.2, 0.25) is 0 Å². The highest BCUT2D eigenvalue weighted by molar-refractivity contribution is 6.07. The van der Waals surface area contributed by atoms with Gasteiger partial charge in [0.25, 0.3) is 0 Å². The lowest BCUT2D eigenvalue weighted by Gasteiger charge is -2.15.